The molecular weight excluding hydrogens is 226 g/mol. The highest BCUT2D eigenvalue weighted by molar-refractivity contribution is 5.85. The molecule has 1 aliphatic carbocycles. The van der Waals surface area contributed by atoms with Gasteiger partial charge in [-0.05, 0) is 19.8 Å². The molecule has 1 saturated carbocycles. The molecule has 2 rings (SSSR count). The fourth-order valence-electron chi connectivity index (χ4n) is 2.07. The van der Waals surface area contributed by atoms with Gasteiger partial charge in [-0.25, -0.2) is 0 Å². The van der Waals surface area contributed by atoms with Gasteiger partial charge < -0.3 is 10.2 Å². The first-order valence-corrected chi connectivity index (χ1v) is 5.89. The van der Waals surface area contributed by atoms with Gasteiger partial charge in [0.15, 0.2) is 0 Å². The van der Waals surface area contributed by atoms with Crippen molar-refractivity contribution in [2.24, 2.45) is 0 Å². The van der Waals surface area contributed by atoms with Crippen LogP contribution in [0.25, 0.3) is 0 Å². The second kappa shape index (κ2) is 5.84. The van der Waals surface area contributed by atoms with E-state index in [1.54, 1.807) is 0 Å². The van der Waals surface area contributed by atoms with Crippen LogP contribution in [0.1, 0.15) is 19.8 Å². The number of carbonyl (C=O) groups excluding carboxylic acids is 1. The lowest BCUT2D eigenvalue weighted by atomic mass is 10.2. The Kier molecular flexibility index (Phi) is 5.02. The first kappa shape index (κ1) is 13.7. The summed E-state index contributed by atoms with van der Waals surface area (Å²) < 4.78 is 0. The first-order valence-electron chi connectivity index (χ1n) is 5.89. The summed E-state index contributed by atoms with van der Waals surface area (Å²) in [5.74, 6) is 0.284. The van der Waals surface area contributed by atoms with Crippen LogP contribution in [0.2, 0.25) is 0 Å². The summed E-state index contributed by atoms with van der Waals surface area (Å²) in [5, 5.41) is 3.34. The van der Waals surface area contributed by atoms with Crippen LogP contribution in [0.15, 0.2) is 0 Å². The lowest BCUT2D eigenvalue weighted by Gasteiger charge is -2.34. The molecule has 2 fully saturated rings. The highest BCUT2D eigenvalue weighted by atomic mass is 35.5. The van der Waals surface area contributed by atoms with Gasteiger partial charge in [0.05, 0.1) is 6.54 Å². The largest absolute Gasteiger partial charge is 0.342 e. The van der Waals surface area contributed by atoms with Crippen molar-refractivity contribution >= 4 is 18.3 Å². The van der Waals surface area contributed by atoms with E-state index in [1.807, 2.05) is 11.9 Å². The van der Waals surface area contributed by atoms with Crippen LogP contribution in [-0.2, 0) is 4.79 Å². The van der Waals surface area contributed by atoms with E-state index in [1.165, 1.54) is 12.8 Å². The minimum absolute atomic E-state index is 0. The van der Waals surface area contributed by atoms with Crippen molar-refractivity contribution in [1.82, 2.24) is 15.1 Å². The molecule has 0 aromatic rings. The molecule has 94 valence electrons. The standard InChI is InChI=1S/C11H21N3O.ClH/c1-9-7-12-5-6-14(9)8-11(15)13(2)10-3-4-10;/h9-10,12H,3-8H2,1-2H3;1H/t9-;/m1./s1. The third-order valence-electron chi connectivity index (χ3n) is 3.47. The summed E-state index contributed by atoms with van der Waals surface area (Å²) >= 11 is 0. The molecule has 2 aliphatic rings. The number of likely N-dealkylation sites (N-methyl/N-ethyl adjacent to an activating group) is 1. The summed E-state index contributed by atoms with van der Waals surface area (Å²) in [5.41, 5.74) is 0. The van der Waals surface area contributed by atoms with Crippen LogP contribution in [0.5, 0.6) is 0 Å². The summed E-state index contributed by atoms with van der Waals surface area (Å²) in [6.45, 7) is 5.77. The lowest BCUT2D eigenvalue weighted by molar-refractivity contribution is -0.132. The Balaban J connectivity index is 0.00000128. The molecule has 0 aromatic heterocycles. The number of nitrogens with one attached hydrogen (secondary N) is 1. The maximum Gasteiger partial charge on any atom is 0.236 e. The van der Waals surface area contributed by atoms with E-state index in [2.05, 4.69) is 17.1 Å². The van der Waals surface area contributed by atoms with Crippen molar-refractivity contribution in [3.63, 3.8) is 0 Å². The number of hydrogen-bond donors (Lipinski definition) is 1. The zero-order chi connectivity index (χ0) is 10.8. The van der Waals surface area contributed by atoms with Gasteiger partial charge in [0, 0.05) is 38.8 Å². The molecule has 0 radical (unpaired) electrons. The lowest BCUT2D eigenvalue weighted by Crippen LogP contribution is -2.53. The minimum atomic E-state index is 0. The normalized spacial score (nSPS) is 26.0. The maximum absolute atomic E-state index is 11.9. The van der Waals surface area contributed by atoms with Gasteiger partial charge in [-0.3, -0.25) is 9.69 Å². The number of carbonyl (C=O) groups is 1. The average molecular weight is 248 g/mol. The van der Waals surface area contributed by atoms with Crippen molar-refractivity contribution in [2.45, 2.75) is 31.8 Å². The molecule has 0 spiro atoms. The minimum Gasteiger partial charge on any atom is -0.342 e. The predicted octanol–water partition coefficient (Wildman–Crippen LogP) is 0.323. The zero-order valence-corrected chi connectivity index (χ0v) is 10.9. The summed E-state index contributed by atoms with van der Waals surface area (Å²) in [7, 11) is 1.94. The maximum atomic E-state index is 11.9. The Hall–Kier alpha value is -0.320. The SMILES string of the molecule is C[C@@H]1CNCCN1CC(=O)N(C)C1CC1.Cl. The third-order valence-corrected chi connectivity index (χ3v) is 3.47. The van der Waals surface area contributed by atoms with Gasteiger partial charge in [-0.2, -0.15) is 0 Å². The molecule has 1 saturated heterocycles. The van der Waals surface area contributed by atoms with Crippen LogP contribution in [0.4, 0.5) is 0 Å². The van der Waals surface area contributed by atoms with Gasteiger partial charge in [0.1, 0.15) is 0 Å². The number of hydrogen-bond acceptors (Lipinski definition) is 3. The van der Waals surface area contributed by atoms with Gasteiger partial charge in [-0.15, -0.1) is 12.4 Å². The molecule has 0 unspecified atom stereocenters. The number of amides is 1. The molecule has 4 nitrogen and oxygen atoms in total. The Morgan fingerprint density at radius 3 is 2.75 bits per heavy atom. The van der Waals surface area contributed by atoms with Crippen LogP contribution in [0, 0.1) is 0 Å². The van der Waals surface area contributed by atoms with E-state index < -0.39 is 0 Å². The fourth-order valence-corrected chi connectivity index (χ4v) is 2.07. The van der Waals surface area contributed by atoms with E-state index >= 15 is 0 Å². The van der Waals surface area contributed by atoms with Gasteiger partial charge in [0.25, 0.3) is 0 Å². The molecule has 16 heavy (non-hydrogen) atoms. The van der Waals surface area contributed by atoms with Crippen molar-refractivity contribution in [1.29, 1.82) is 0 Å². The van der Waals surface area contributed by atoms with Crippen LogP contribution < -0.4 is 5.32 Å². The number of piperazine rings is 1. The van der Waals surface area contributed by atoms with Crippen LogP contribution >= 0.6 is 12.4 Å². The molecule has 5 heteroatoms. The molecule has 1 atom stereocenters. The molecule has 0 aromatic carbocycles. The zero-order valence-electron chi connectivity index (χ0n) is 10.1. The quantitative estimate of drug-likeness (QED) is 0.781. The summed E-state index contributed by atoms with van der Waals surface area (Å²) in [4.78, 5) is 16.1. The predicted molar refractivity (Wildman–Crippen MR) is 66.9 cm³/mol. The van der Waals surface area contributed by atoms with Crippen molar-refractivity contribution in [2.75, 3.05) is 33.2 Å². The Morgan fingerprint density at radius 2 is 2.19 bits per heavy atom. The van der Waals surface area contributed by atoms with E-state index in [0.29, 0.717) is 18.6 Å². The first-order chi connectivity index (χ1) is 7.18. The van der Waals surface area contributed by atoms with Crippen LogP contribution in [0.3, 0.4) is 0 Å². The fraction of sp³-hybridized carbons (Fsp3) is 0.909. The molecule has 1 aliphatic heterocycles. The summed E-state index contributed by atoms with van der Waals surface area (Å²) in [6, 6.07) is 1.02. The van der Waals surface area contributed by atoms with E-state index in [-0.39, 0.29) is 18.3 Å². The Bertz CT molecular complexity index is 245. The number of rotatable bonds is 3. The Morgan fingerprint density at radius 1 is 1.50 bits per heavy atom. The summed E-state index contributed by atoms with van der Waals surface area (Å²) in [6.07, 6.45) is 2.39. The van der Waals surface area contributed by atoms with Gasteiger partial charge >= 0.3 is 0 Å². The van der Waals surface area contributed by atoms with Gasteiger partial charge in [0.2, 0.25) is 5.91 Å². The van der Waals surface area contributed by atoms with Crippen molar-refractivity contribution in [3.8, 4) is 0 Å². The molecule has 1 N–H and O–H groups in total. The average Bonchev–Trinajstić information content (AvgIpc) is 3.04. The van der Waals surface area contributed by atoms with Crippen LogP contribution in [-0.4, -0.2) is 61.0 Å². The van der Waals surface area contributed by atoms with E-state index in [0.717, 1.165) is 19.6 Å². The topological polar surface area (TPSA) is 35.6 Å². The van der Waals surface area contributed by atoms with E-state index in [4.69, 9.17) is 0 Å². The highest BCUT2D eigenvalue weighted by Crippen LogP contribution is 2.25. The van der Waals surface area contributed by atoms with Gasteiger partial charge in [-0.1, -0.05) is 0 Å². The molecule has 0 bridgehead atoms. The Labute approximate surface area is 104 Å². The highest BCUT2D eigenvalue weighted by Gasteiger charge is 2.31. The molecule has 1 heterocycles. The van der Waals surface area contributed by atoms with Crippen molar-refractivity contribution in [3.05, 3.63) is 0 Å². The second-order valence-corrected chi connectivity index (χ2v) is 4.76. The second-order valence-electron chi connectivity index (χ2n) is 4.76. The van der Waals surface area contributed by atoms with E-state index in [9.17, 15) is 4.79 Å². The monoisotopic (exact) mass is 247 g/mol. The number of nitrogens with zero attached hydrogens (tertiary/aromatic N) is 2. The molecular formula is C11H22ClN3O. The number of halogens is 1. The van der Waals surface area contributed by atoms with Crippen molar-refractivity contribution < 1.29 is 4.79 Å². The molecule has 1 amide bonds. The third kappa shape index (κ3) is 3.34. The smallest absolute Gasteiger partial charge is 0.236 e.